The van der Waals surface area contributed by atoms with E-state index in [-0.39, 0.29) is 5.48 Å². The highest BCUT2D eigenvalue weighted by atomic mass is 16.5. The van der Waals surface area contributed by atoms with Gasteiger partial charge in [0.25, 0.3) is 0 Å². The molecule has 0 bridgehead atoms. The number of hydrogen-bond donors (Lipinski definition) is 0. The van der Waals surface area contributed by atoms with Gasteiger partial charge in [0.15, 0.2) is 6.29 Å². The van der Waals surface area contributed by atoms with Crippen molar-refractivity contribution in [2.75, 3.05) is 7.11 Å². The van der Waals surface area contributed by atoms with E-state index in [0.29, 0.717) is 17.0 Å². The fourth-order valence-electron chi connectivity index (χ4n) is 1.26. The number of aldehydes is 1. The normalized spacial score (nSPS) is 9.31. The van der Waals surface area contributed by atoms with Crippen molar-refractivity contribution in [2.45, 2.75) is 0 Å². The monoisotopic (exact) mass is 221 g/mol. The molecule has 0 spiro atoms. The van der Waals surface area contributed by atoms with Crippen LogP contribution >= 0.6 is 0 Å². The van der Waals surface area contributed by atoms with Gasteiger partial charge >= 0.3 is 0 Å². The van der Waals surface area contributed by atoms with Crippen molar-refractivity contribution in [3.8, 4) is 11.4 Å². The Morgan fingerprint density at radius 2 is 2.00 bits per heavy atom. The van der Waals surface area contributed by atoms with Crippen LogP contribution in [-0.2, 0) is 0 Å². The Kier molecular flexibility index (Phi) is 3.73. The molecule has 6 heteroatoms. The van der Waals surface area contributed by atoms with Gasteiger partial charge in [-0.1, -0.05) is 0 Å². The van der Waals surface area contributed by atoms with Gasteiger partial charge in [-0.05, 0) is 12.1 Å². The van der Waals surface area contributed by atoms with E-state index in [1.54, 1.807) is 37.7 Å². The summed E-state index contributed by atoms with van der Waals surface area (Å²) in [7, 11) is 1.57. The number of carbonyl (C=O) groups excluding carboxylic acids is 1. The highest BCUT2D eigenvalue weighted by Gasteiger charge is 2.06. The van der Waals surface area contributed by atoms with Crippen LogP contribution in [0.2, 0.25) is 0 Å². The summed E-state index contributed by atoms with van der Waals surface area (Å²) in [4.78, 5) is 12.2. The molecule has 0 unspecified atom stereocenters. The average Bonchev–Trinajstić information content (AvgIpc) is 2.81. The second-order valence-corrected chi connectivity index (χ2v) is 2.86. The van der Waals surface area contributed by atoms with Gasteiger partial charge in [0, 0.05) is 11.6 Å². The average molecular weight is 221 g/mol. The summed E-state index contributed by atoms with van der Waals surface area (Å²) in [5, 5.41) is 7.92. The largest absolute Gasteiger partial charge is 0.497 e. The van der Waals surface area contributed by atoms with Crippen LogP contribution in [-0.4, -0.2) is 33.9 Å². The molecule has 84 valence electrons. The van der Waals surface area contributed by atoms with Crippen molar-refractivity contribution in [2.24, 2.45) is 0 Å². The predicted octanol–water partition coefficient (Wildman–Crippen LogP) is 0.264. The number of methoxy groups -OCH3 is 1. The first kappa shape index (κ1) is 11.9. The molecule has 0 saturated heterocycles. The Hall–Kier alpha value is -2.21. The van der Waals surface area contributed by atoms with Crippen LogP contribution in [0.4, 0.5) is 0 Å². The van der Waals surface area contributed by atoms with Gasteiger partial charge in [-0.3, -0.25) is 4.79 Å². The number of rotatable bonds is 3. The van der Waals surface area contributed by atoms with Gasteiger partial charge in [-0.25, -0.2) is 0 Å². The van der Waals surface area contributed by atoms with Gasteiger partial charge < -0.3 is 10.2 Å². The van der Waals surface area contributed by atoms with E-state index in [1.165, 1.54) is 4.80 Å². The molecule has 1 aromatic heterocycles. The first-order valence-electron chi connectivity index (χ1n) is 4.35. The molecule has 0 amide bonds. The lowest BCUT2D eigenvalue weighted by atomic mass is 10.2. The molecule has 0 radical (unpaired) electrons. The van der Waals surface area contributed by atoms with Crippen LogP contribution in [0.25, 0.3) is 5.69 Å². The Morgan fingerprint density at radius 3 is 2.56 bits per heavy atom. The van der Waals surface area contributed by atoms with Gasteiger partial charge in [0.1, 0.15) is 5.75 Å². The van der Waals surface area contributed by atoms with Crippen LogP contribution in [0.3, 0.4) is 0 Å². The smallest absolute Gasteiger partial charge is 0.152 e. The van der Waals surface area contributed by atoms with Crippen molar-refractivity contribution in [3.05, 3.63) is 36.2 Å². The number of benzene rings is 1. The van der Waals surface area contributed by atoms with Crippen LogP contribution < -0.4 is 4.74 Å². The number of carbonyl (C=O) groups is 1. The van der Waals surface area contributed by atoms with E-state index in [9.17, 15) is 4.79 Å². The zero-order valence-electron chi connectivity index (χ0n) is 8.62. The van der Waals surface area contributed by atoms with Crippen molar-refractivity contribution in [1.29, 1.82) is 0 Å². The first-order valence-corrected chi connectivity index (χ1v) is 4.35. The molecule has 2 rings (SSSR count). The van der Waals surface area contributed by atoms with E-state index in [4.69, 9.17) is 4.74 Å². The quantitative estimate of drug-likeness (QED) is 0.695. The number of ether oxygens (including phenoxy) is 1. The Balaban J connectivity index is 0.00000128. The van der Waals surface area contributed by atoms with Gasteiger partial charge in [0.05, 0.1) is 25.2 Å². The number of nitrogens with zero attached hydrogens (tertiary/aromatic N) is 3. The van der Waals surface area contributed by atoms with Crippen LogP contribution in [0.1, 0.15) is 10.4 Å². The standard InChI is InChI=1S/C10H9N3O2.H2O/c1-15-9-3-2-8(7-14)10(6-9)13-11-4-5-12-13;/h2-7H,1H3;1H2. The molecule has 16 heavy (non-hydrogen) atoms. The molecular weight excluding hydrogens is 210 g/mol. The van der Waals surface area contributed by atoms with Gasteiger partial charge in [0.2, 0.25) is 0 Å². The van der Waals surface area contributed by atoms with E-state index in [1.807, 2.05) is 0 Å². The molecule has 1 aromatic carbocycles. The Morgan fingerprint density at radius 1 is 1.31 bits per heavy atom. The van der Waals surface area contributed by atoms with E-state index >= 15 is 0 Å². The summed E-state index contributed by atoms with van der Waals surface area (Å²) in [6.45, 7) is 0. The molecule has 0 saturated carbocycles. The summed E-state index contributed by atoms with van der Waals surface area (Å²) in [5.41, 5.74) is 1.13. The molecule has 0 aliphatic rings. The third-order valence-corrected chi connectivity index (χ3v) is 2.00. The van der Waals surface area contributed by atoms with Crippen LogP contribution in [0.15, 0.2) is 30.6 Å². The molecule has 0 aliphatic carbocycles. The maximum atomic E-state index is 10.8. The lowest BCUT2D eigenvalue weighted by Crippen LogP contribution is -2.03. The number of aromatic nitrogens is 3. The van der Waals surface area contributed by atoms with Crippen LogP contribution in [0, 0.1) is 0 Å². The highest BCUT2D eigenvalue weighted by molar-refractivity contribution is 5.81. The molecule has 2 aromatic rings. The molecule has 1 heterocycles. The Labute approximate surface area is 91.8 Å². The lowest BCUT2D eigenvalue weighted by molar-refractivity contribution is 0.112. The van der Waals surface area contributed by atoms with E-state index < -0.39 is 0 Å². The third kappa shape index (κ3) is 2.06. The van der Waals surface area contributed by atoms with Crippen molar-refractivity contribution in [3.63, 3.8) is 0 Å². The minimum Gasteiger partial charge on any atom is -0.497 e. The Bertz CT molecular complexity index is 468. The van der Waals surface area contributed by atoms with Crippen LogP contribution in [0.5, 0.6) is 5.75 Å². The lowest BCUT2D eigenvalue weighted by Gasteiger charge is -2.05. The SMILES string of the molecule is COc1ccc(C=O)c(-n2nccn2)c1.O. The summed E-state index contributed by atoms with van der Waals surface area (Å²) >= 11 is 0. The number of hydrogen-bond acceptors (Lipinski definition) is 4. The third-order valence-electron chi connectivity index (χ3n) is 2.00. The van der Waals surface area contributed by atoms with E-state index in [2.05, 4.69) is 10.2 Å². The fraction of sp³-hybridized carbons (Fsp3) is 0.100. The topological polar surface area (TPSA) is 88.5 Å². The molecule has 0 fully saturated rings. The summed E-state index contributed by atoms with van der Waals surface area (Å²) in [6.07, 6.45) is 3.86. The van der Waals surface area contributed by atoms with E-state index in [0.717, 1.165) is 6.29 Å². The molecule has 0 atom stereocenters. The second kappa shape index (κ2) is 5.04. The maximum Gasteiger partial charge on any atom is 0.152 e. The van der Waals surface area contributed by atoms with Gasteiger partial charge in [-0.15, -0.1) is 0 Å². The summed E-state index contributed by atoms with van der Waals surface area (Å²) in [5.74, 6) is 0.660. The zero-order chi connectivity index (χ0) is 10.7. The maximum absolute atomic E-state index is 10.8. The van der Waals surface area contributed by atoms with Gasteiger partial charge in [-0.2, -0.15) is 15.0 Å². The second-order valence-electron chi connectivity index (χ2n) is 2.86. The molecule has 2 N–H and O–H groups in total. The molecule has 0 aliphatic heterocycles. The van der Waals surface area contributed by atoms with Crippen molar-refractivity contribution >= 4 is 6.29 Å². The molecular formula is C10H11N3O3. The summed E-state index contributed by atoms with van der Waals surface area (Å²) < 4.78 is 5.07. The highest BCUT2D eigenvalue weighted by Crippen LogP contribution is 2.18. The fourth-order valence-corrected chi connectivity index (χ4v) is 1.26. The minimum absolute atomic E-state index is 0. The zero-order valence-corrected chi connectivity index (χ0v) is 8.62. The predicted molar refractivity (Wildman–Crippen MR) is 56.9 cm³/mol. The first-order chi connectivity index (χ1) is 7.35. The minimum atomic E-state index is 0. The summed E-state index contributed by atoms with van der Waals surface area (Å²) in [6, 6.07) is 5.10. The molecule has 6 nitrogen and oxygen atoms in total. The van der Waals surface area contributed by atoms with Crippen molar-refractivity contribution in [1.82, 2.24) is 15.0 Å². The van der Waals surface area contributed by atoms with Crippen molar-refractivity contribution < 1.29 is 15.0 Å².